The zero-order valence-electron chi connectivity index (χ0n) is 14.3. The predicted octanol–water partition coefficient (Wildman–Crippen LogP) is 2.70. The second-order valence-electron chi connectivity index (χ2n) is 6.75. The van der Waals surface area contributed by atoms with Gasteiger partial charge in [-0.15, -0.1) is 0 Å². The van der Waals surface area contributed by atoms with Crippen molar-refractivity contribution in [1.82, 2.24) is 19.9 Å². The van der Waals surface area contributed by atoms with E-state index >= 15 is 0 Å². The van der Waals surface area contributed by atoms with E-state index in [-0.39, 0.29) is 12.1 Å². The molecule has 0 aromatic carbocycles. The monoisotopic (exact) mass is 363 g/mol. The molecule has 26 heavy (non-hydrogen) atoms. The van der Waals surface area contributed by atoms with E-state index < -0.39 is 11.9 Å². The minimum absolute atomic E-state index is 0.233. The molecule has 0 unspecified atom stereocenters. The van der Waals surface area contributed by atoms with Crippen LogP contribution in [0.1, 0.15) is 28.9 Å². The lowest BCUT2D eigenvalue weighted by Crippen LogP contribution is -2.46. The van der Waals surface area contributed by atoms with Crippen LogP contribution in [-0.2, 0) is 25.6 Å². The van der Waals surface area contributed by atoms with Gasteiger partial charge in [0.25, 0.3) is 0 Å². The van der Waals surface area contributed by atoms with Crippen LogP contribution in [0.3, 0.4) is 0 Å². The fourth-order valence-electron chi connectivity index (χ4n) is 3.79. The maximum atomic E-state index is 13.1. The molecular weight excluding hydrogens is 343 g/mol. The largest absolute Gasteiger partial charge is 0.433 e. The Morgan fingerprint density at radius 1 is 1.00 bits per heavy atom. The van der Waals surface area contributed by atoms with Crippen molar-refractivity contribution in [3.05, 3.63) is 47.2 Å². The summed E-state index contributed by atoms with van der Waals surface area (Å²) in [5.74, 6) is 1.00. The molecule has 5 nitrogen and oxygen atoms in total. The lowest BCUT2D eigenvalue weighted by molar-refractivity contribution is -0.142. The van der Waals surface area contributed by atoms with Gasteiger partial charge in [-0.25, -0.2) is 9.97 Å². The number of fused-ring (bicyclic) bond motifs is 1. The Morgan fingerprint density at radius 2 is 1.81 bits per heavy atom. The topological polar surface area (TPSA) is 45.2 Å². The van der Waals surface area contributed by atoms with Crippen molar-refractivity contribution in [3.8, 4) is 0 Å². The van der Waals surface area contributed by atoms with E-state index in [1.54, 1.807) is 12.4 Å². The molecule has 0 bridgehead atoms. The Kier molecular flexibility index (Phi) is 4.52. The zero-order chi connectivity index (χ0) is 18.1. The second kappa shape index (κ2) is 6.83. The Labute approximate surface area is 149 Å². The van der Waals surface area contributed by atoms with Gasteiger partial charge in [0, 0.05) is 50.2 Å². The Morgan fingerprint density at radius 3 is 2.58 bits per heavy atom. The zero-order valence-corrected chi connectivity index (χ0v) is 14.3. The summed E-state index contributed by atoms with van der Waals surface area (Å²) in [4.78, 5) is 16.6. The molecule has 0 amide bonds. The van der Waals surface area contributed by atoms with Crippen molar-refractivity contribution in [2.45, 2.75) is 32.0 Å². The van der Waals surface area contributed by atoms with Gasteiger partial charge in [0.1, 0.15) is 17.8 Å². The number of aromatic nitrogens is 3. The van der Waals surface area contributed by atoms with Gasteiger partial charge < -0.3 is 4.90 Å². The summed E-state index contributed by atoms with van der Waals surface area (Å²) in [6, 6.07) is 3.07. The minimum Gasteiger partial charge on any atom is -0.354 e. The average molecular weight is 363 g/mol. The van der Waals surface area contributed by atoms with Crippen LogP contribution in [-0.4, -0.2) is 46.0 Å². The highest BCUT2D eigenvalue weighted by Crippen LogP contribution is 2.31. The lowest BCUT2D eigenvalue weighted by Gasteiger charge is -2.36. The standard InChI is InChI=1S/C18H20F3N5/c19-18(20,21)16-13(3-2-6-22-16)11-25-7-9-26(10-8-25)17-14-4-1-5-15(14)23-12-24-17/h2-3,6,12H,1,4-5,7-11H2. The normalized spacial score (nSPS) is 18.2. The first-order valence-corrected chi connectivity index (χ1v) is 8.83. The third-order valence-electron chi connectivity index (χ3n) is 5.08. The first-order valence-electron chi connectivity index (χ1n) is 8.83. The smallest absolute Gasteiger partial charge is 0.354 e. The van der Waals surface area contributed by atoms with Crippen molar-refractivity contribution in [1.29, 1.82) is 0 Å². The Balaban J connectivity index is 1.43. The molecule has 0 saturated carbocycles. The van der Waals surface area contributed by atoms with Crippen molar-refractivity contribution >= 4 is 5.82 Å². The van der Waals surface area contributed by atoms with E-state index in [1.807, 2.05) is 4.90 Å². The fourth-order valence-corrected chi connectivity index (χ4v) is 3.79. The summed E-state index contributed by atoms with van der Waals surface area (Å²) < 4.78 is 39.3. The maximum absolute atomic E-state index is 13.1. The molecule has 0 radical (unpaired) electrons. The molecular formula is C18H20F3N5. The van der Waals surface area contributed by atoms with Crippen LogP contribution >= 0.6 is 0 Å². The second-order valence-corrected chi connectivity index (χ2v) is 6.75. The van der Waals surface area contributed by atoms with Gasteiger partial charge in [-0.1, -0.05) is 6.07 Å². The molecule has 4 rings (SSSR count). The lowest BCUT2D eigenvalue weighted by atomic mass is 10.1. The number of hydrogen-bond acceptors (Lipinski definition) is 5. The first-order chi connectivity index (χ1) is 12.5. The van der Waals surface area contributed by atoms with Crippen LogP contribution < -0.4 is 4.90 Å². The Bertz CT molecular complexity index is 785. The minimum atomic E-state index is -4.42. The molecule has 2 aromatic rings. The van der Waals surface area contributed by atoms with E-state index in [9.17, 15) is 13.2 Å². The molecule has 0 spiro atoms. The van der Waals surface area contributed by atoms with E-state index in [1.165, 1.54) is 17.8 Å². The molecule has 1 aliphatic carbocycles. The first kappa shape index (κ1) is 17.2. The van der Waals surface area contributed by atoms with Crippen LogP contribution in [0.15, 0.2) is 24.7 Å². The van der Waals surface area contributed by atoms with Crippen molar-refractivity contribution in [3.63, 3.8) is 0 Å². The number of nitrogens with zero attached hydrogens (tertiary/aromatic N) is 5. The molecule has 3 heterocycles. The van der Waals surface area contributed by atoms with E-state index in [0.29, 0.717) is 13.1 Å². The summed E-state index contributed by atoms with van der Waals surface area (Å²) in [6.45, 7) is 3.17. The van der Waals surface area contributed by atoms with Crippen molar-refractivity contribution in [2.24, 2.45) is 0 Å². The molecule has 2 aromatic heterocycles. The summed E-state index contributed by atoms with van der Waals surface area (Å²) in [6.07, 6.45) is 1.53. The van der Waals surface area contributed by atoms with Crippen LogP contribution in [0, 0.1) is 0 Å². The third kappa shape index (κ3) is 3.38. The number of anilines is 1. The number of hydrogen-bond donors (Lipinski definition) is 0. The fraction of sp³-hybridized carbons (Fsp3) is 0.500. The highest BCUT2D eigenvalue weighted by molar-refractivity contribution is 5.50. The number of rotatable bonds is 3. The molecule has 1 fully saturated rings. The van der Waals surface area contributed by atoms with Gasteiger partial charge in [0.05, 0.1) is 0 Å². The van der Waals surface area contributed by atoms with Gasteiger partial charge in [-0.05, 0) is 30.9 Å². The van der Waals surface area contributed by atoms with Gasteiger partial charge in [0.15, 0.2) is 0 Å². The maximum Gasteiger partial charge on any atom is 0.433 e. The van der Waals surface area contributed by atoms with Crippen molar-refractivity contribution < 1.29 is 13.2 Å². The summed E-state index contributed by atoms with van der Waals surface area (Å²) in [5, 5.41) is 0. The molecule has 138 valence electrons. The molecule has 2 aliphatic rings. The van der Waals surface area contributed by atoms with Crippen molar-refractivity contribution in [2.75, 3.05) is 31.1 Å². The summed E-state index contributed by atoms with van der Waals surface area (Å²) >= 11 is 0. The number of piperazine rings is 1. The van der Waals surface area contributed by atoms with E-state index in [4.69, 9.17) is 0 Å². The van der Waals surface area contributed by atoms with Gasteiger partial charge >= 0.3 is 6.18 Å². The quantitative estimate of drug-likeness (QED) is 0.839. The molecule has 8 heteroatoms. The number of alkyl halides is 3. The van der Waals surface area contributed by atoms with Gasteiger partial charge in [-0.2, -0.15) is 13.2 Å². The third-order valence-corrected chi connectivity index (χ3v) is 5.08. The van der Waals surface area contributed by atoms with Crippen LogP contribution in [0.2, 0.25) is 0 Å². The summed E-state index contributed by atoms with van der Waals surface area (Å²) in [5.41, 5.74) is 1.84. The molecule has 1 saturated heterocycles. The van der Waals surface area contributed by atoms with E-state index in [0.717, 1.165) is 43.9 Å². The van der Waals surface area contributed by atoms with Gasteiger partial charge in [-0.3, -0.25) is 9.88 Å². The SMILES string of the molecule is FC(F)(F)c1ncccc1CN1CCN(c2ncnc3c2CCC3)CC1. The van der Waals surface area contributed by atoms with E-state index in [2.05, 4.69) is 19.9 Å². The van der Waals surface area contributed by atoms with Crippen LogP contribution in [0.25, 0.3) is 0 Å². The highest BCUT2D eigenvalue weighted by atomic mass is 19.4. The highest BCUT2D eigenvalue weighted by Gasteiger charge is 2.35. The van der Waals surface area contributed by atoms with Gasteiger partial charge in [0.2, 0.25) is 0 Å². The predicted molar refractivity (Wildman–Crippen MR) is 90.8 cm³/mol. The molecule has 0 N–H and O–H groups in total. The molecule has 1 aliphatic heterocycles. The summed E-state index contributed by atoms with van der Waals surface area (Å²) in [7, 11) is 0. The number of pyridine rings is 1. The Hall–Kier alpha value is -2.22. The van der Waals surface area contributed by atoms with Crippen LogP contribution in [0.4, 0.5) is 19.0 Å². The average Bonchev–Trinajstić information content (AvgIpc) is 3.11. The number of halogens is 3. The molecule has 0 atom stereocenters. The number of aryl methyl sites for hydroxylation is 1. The van der Waals surface area contributed by atoms with Crippen LogP contribution in [0.5, 0.6) is 0 Å².